The molecule has 148 valence electrons. The van der Waals surface area contributed by atoms with Crippen molar-refractivity contribution in [3.63, 3.8) is 0 Å². The quantitative estimate of drug-likeness (QED) is 0.840. The van der Waals surface area contributed by atoms with Crippen molar-refractivity contribution < 1.29 is 9.59 Å². The predicted octanol–water partition coefficient (Wildman–Crippen LogP) is 1.29. The summed E-state index contributed by atoms with van der Waals surface area (Å²) in [5.41, 5.74) is 2.44. The van der Waals surface area contributed by atoms with Gasteiger partial charge in [-0.1, -0.05) is 0 Å². The van der Waals surface area contributed by atoms with Crippen molar-refractivity contribution in [3.8, 4) is 0 Å². The SMILES string of the molecule is Cn1cnc2cc(C(=O)NC[C@H]3[C@@H]4CNC[C@@H](C4)[C@@H]4CCCC(=O)N43)ccc21. The molecule has 0 saturated carbocycles. The number of carbonyl (C=O) groups is 2. The Labute approximate surface area is 164 Å². The second-order valence-electron chi connectivity index (χ2n) is 8.51. The Kier molecular flexibility index (Phi) is 4.34. The van der Waals surface area contributed by atoms with Crippen molar-refractivity contribution in [1.82, 2.24) is 25.1 Å². The Balaban J connectivity index is 1.33. The topological polar surface area (TPSA) is 79.3 Å². The zero-order valence-electron chi connectivity index (χ0n) is 16.2. The van der Waals surface area contributed by atoms with E-state index in [0.29, 0.717) is 36.4 Å². The van der Waals surface area contributed by atoms with Crippen LogP contribution >= 0.6 is 0 Å². The first-order valence-electron chi connectivity index (χ1n) is 10.3. The van der Waals surface area contributed by atoms with E-state index in [9.17, 15) is 9.59 Å². The molecular formula is C21H27N5O2. The Hall–Kier alpha value is -2.41. The number of nitrogens with one attached hydrogen (secondary N) is 2. The first-order valence-corrected chi connectivity index (χ1v) is 10.3. The normalized spacial score (nSPS) is 29.6. The van der Waals surface area contributed by atoms with Gasteiger partial charge in [-0.2, -0.15) is 0 Å². The molecule has 3 aliphatic rings. The van der Waals surface area contributed by atoms with Crippen LogP contribution in [0.25, 0.3) is 11.0 Å². The fourth-order valence-corrected chi connectivity index (χ4v) is 5.47. The van der Waals surface area contributed by atoms with Gasteiger partial charge < -0.3 is 20.1 Å². The Bertz CT molecular complexity index is 923. The highest BCUT2D eigenvalue weighted by Gasteiger charge is 2.47. The highest BCUT2D eigenvalue weighted by molar-refractivity contribution is 5.97. The molecule has 2 bridgehead atoms. The van der Waals surface area contributed by atoms with Crippen molar-refractivity contribution in [3.05, 3.63) is 30.1 Å². The Morgan fingerprint density at radius 1 is 1.32 bits per heavy atom. The molecule has 5 rings (SSSR count). The summed E-state index contributed by atoms with van der Waals surface area (Å²) in [5.74, 6) is 1.14. The molecule has 3 fully saturated rings. The van der Waals surface area contributed by atoms with Gasteiger partial charge >= 0.3 is 0 Å². The standard InChI is InChI=1S/C21H27N5O2/c1-25-12-24-16-8-13(5-6-18(16)25)21(28)23-11-19-15-7-14(9-22-10-15)17-3-2-4-20(27)26(17)19/h5-6,8,12,14-15,17,19,22H,2-4,7,9-11H2,1H3,(H,23,28)/t14-,15+,17+,19+/m1/s1. The lowest BCUT2D eigenvalue weighted by molar-refractivity contribution is -0.148. The average molecular weight is 381 g/mol. The summed E-state index contributed by atoms with van der Waals surface area (Å²) >= 11 is 0. The second kappa shape index (κ2) is 6.88. The molecule has 0 spiro atoms. The van der Waals surface area contributed by atoms with Crippen LogP contribution in [0.15, 0.2) is 24.5 Å². The van der Waals surface area contributed by atoms with E-state index in [1.54, 1.807) is 6.33 Å². The summed E-state index contributed by atoms with van der Waals surface area (Å²) in [5, 5.41) is 6.65. The minimum Gasteiger partial charge on any atom is -0.350 e. The van der Waals surface area contributed by atoms with Gasteiger partial charge in [0.1, 0.15) is 0 Å². The number of fused-ring (bicyclic) bond motifs is 5. The Morgan fingerprint density at radius 2 is 2.18 bits per heavy atom. The molecule has 7 heteroatoms. The van der Waals surface area contributed by atoms with E-state index in [0.717, 1.165) is 43.4 Å². The van der Waals surface area contributed by atoms with E-state index < -0.39 is 0 Å². The van der Waals surface area contributed by atoms with Gasteiger partial charge in [-0.3, -0.25) is 9.59 Å². The Morgan fingerprint density at radius 3 is 3.07 bits per heavy atom. The molecule has 1 aromatic carbocycles. The fourth-order valence-electron chi connectivity index (χ4n) is 5.47. The maximum atomic E-state index is 12.8. The van der Waals surface area contributed by atoms with Gasteiger partial charge in [0.05, 0.1) is 23.4 Å². The van der Waals surface area contributed by atoms with Gasteiger partial charge in [0.2, 0.25) is 5.91 Å². The molecule has 3 aliphatic heterocycles. The zero-order chi connectivity index (χ0) is 19.3. The molecule has 4 heterocycles. The second-order valence-corrected chi connectivity index (χ2v) is 8.51. The minimum atomic E-state index is -0.0977. The van der Waals surface area contributed by atoms with Crippen LogP contribution in [0.5, 0.6) is 0 Å². The third kappa shape index (κ3) is 2.89. The van der Waals surface area contributed by atoms with Crippen LogP contribution in [0.2, 0.25) is 0 Å². The van der Waals surface area contributed by atoms with Gasteiger partial charge in [-0.15, -0.1) is 0 Å². The highest BCUT2D eigenvalue weighted by atomic mass is 16.2. The van der Waals surface area contributed by atoms with Crippen LogP contribution < -0.4 is 10.6 Å². The van der Waals surface area contributed by atoms with Crippen LogP contribution in [0.1, 0.15) is 36.0 Å². The van der Waals surface area contributed by atoms with E-state index in [4.69, 9.17) is 0 Å². The van der Waals surface area contributed by atoms with E-state index in [1.165, 1.54) is 0 Å². The van der Waals surface area contributed by atoms with Gasteiger partial charge in [0.25, 0.3) is 5.91 Å². The minimum absolute atomic E-state index is 0.0874. The van der Waals surface area contributed by atoms with Crippen LogP contribution in [-0.2, 0) is 11.8 Å². The number of rotatable bonds is 3. The third-order valence-electron chi connectivity index (χ3n) is 6.86. The van der Waals surface area contributed by atoms with Crippen LogP contribution in [0.3, 0.4) is 0 Å². The average Bonchev–Trinajstić information content (AvgIpc) is 3.09. The predicted molar refractivity (Wildman–Crippen MR) is 106 cm³/mol. The van der Waals surface area contributed by atoms with Crippen molar-refractivity contribution in [2.24, 2.45) is 18.9 Å². The molecule has 0 aliphatic carbocycles. The summed E-state index contributed by atoms with van der Waals surface area (Å²) in [7, 11) is 1.94. The third-order valence-corrected chi connectivity index (χ3v) is 6.86. The maximum absolute atomic E-state index is 12.8. The molecule has 7 nitrogen and oxygen atoms in total. The summed E-state index contributed by atoms with van der Waals surface area (Å²) in [6, 6.07) is 6.02. The molecule has 4 atom stereocenters. The van der Waals surface area contributed by atoms with Gasteiger partial charge in [0.15, 0.2) is 0 Å². The lowest BCUT2D eigenvalue weighted by atomic mass is 9.72. The molecule has 2 N–H and O–H groups in total. The summed E-state index contributed by atoms with van der Waals surface area (Å²) in [4.78, 5) is 32.0. The van der Waals surface area contributed by atoms with Gasteiger partial charge in [0, 0.05) is 38.2 Å². The van der Waals surface area contributed by atoms with Crippen molar-refractivity contribution >= 4 is 22.8 Å². The van der Waals surface area contributed by atoms with E-state index in [-0.39, 0.29) is 17.9 Å². The molecule has 2 aromatic rings. The van der Waals surface area contributed by atoms with Crippen molar-refractivity contribution in [1.29, 1.82) is 0 Å². The number of nitrogens with zero attached hydrogens (tertiary/aromatic N) is 3. The summed E-state index contributed by atoms with van der Waals surface area (Å²) in [6.07, 6.45) is 5.63. The van der Waals surface area contributed by atoms with Crippen LogP contribution in [-0.4, -0.2) is 58.0 Å². The van der Waals surface area contributed by atoms with E-state index in [1.807, 2.05) is 29.8 Å². The molecule has 1 aromatic heterocycles. The smallest absolute Gasteiger partial charge is 0.251 e. The van der Waals surface area contributed by atoms with Crippen LogP contribution in [0, 0.1) is 11.8 Å². The molecule has 0 unspecified atom stereocenters. The molecule has 28 heavy (non-hydrogen) atoms. The molecule has 3 saturated heterocycles. The van der Waals surface area contributed by atoms with Crippen LogP contribution in [0.4, 0.5) is 0 Å². The number of aromatic nitrogens is 2. The monoisotopic (exact) mass is 381 g/mol. The van der Waals surface area contributed by atoms with Crippen molar-refractivity contribution in [2.45, 2.75) is 37.8 Å². The van der Waals surface area contributed by atoms with Gasteiger partial charge in [-0.05, 0) is 55.8 Å². The highest BCUT2D eigenvalue weighted by Crippen LogP contribution is 2.39. The molecule has 0 radical (unpaired) electrons. The number of carbonyl (C=O) groups excluding carboxylic acids is 2. The van der Waals surface area contributed by atoms with Crippen molar-refractivity contribution in [2.75, 3.05) is 19.6 Å². The fraction of sp³-hybridized carbons (Fsp3) is 0.571. The van der Waals surface area contributed by atoms with E-state index >= 15 is 0 Å². The van der Waals surface area contributed by atoms with Gasteiger partial charge in [-0.25, -0.2) is 4.98 Å². The van der Waals surface area contributed by atoms with E-state index in [2.05, 4.69) is 20.5 Å². The first-order chi connectivity index (χ1) is 13.6. The zero-order valence-corrected chi connectivity index (χ0v) is 16.2. The number of imidazole rings is 1. The number of hydrogen-bond acceptors (Lipinski definition) is 4. The summed E-state index contributed by atoms with van der Waals surface area (Å²) in [6.45, 7) is 2.45. The summed E-state index contributed by atoms with van der Waals surface area (Å²) < 4.78 is 1.94. The number of aryl methyl sites for hydroxylation is 1. The largest absolute Gasteiger partial charge is 0.350 e. The molecule has 2 amide bonds. The molecular weight excluding hydrogens is 354 g/mol. The first kappa shape index (κ1) is 17.7. The number of piperidine rings is 3. The number of benzene rings is 1. The number of hydrogen-bond donors (Lipinski definition) is 2. The number of amides is 2. The lowest BCUT2D eigenvalue weighted by Gasteiger charge is -2.54. The maximum Gasteiger partial charge on any atom is 0.251 e. The lowest BCUT2D eigenvalue weighted by Crippen LogP contribution is -2.66.